The van der Waals surface area contributed by atoms with Crippen molar-refractivity contribution in [3.05, 3.63) is 64.2 Å². The topological polar surface area (TPSA) is 67.4 Å². The van der Waals surface area contributed by atoms with Crippen LogP contribution in [0.1, 0.15) is 48.9 Å². The van der Waals surface area contributed by atoms with Crippen molar-refractivity contribution in [1.29, 1.82) is 0 Å². The molecule has 0 amide bonds. The third-order valence-electron chi connectivity index (χ3n) is 6.10. The van der Waals surface area contributed by atoms with Crippen LogP contribution in [0.2, 0.25) is 5.02 Å². The average molecular weight is 485 g/mol. The molecule has 31 heavy (non-hydrogen) atoms. The normalized spacial score (nSPS) is 19.2. The van der Waals surface area contributed by atoms with Crippen LogP contribution in [-0.4, -0.2) is 33.9 Å². The molecule has 8 heteroatoms. The maximum atomic E-state index is 11.8. The molecule has 2 N–H and O–H groups in total. The molecule has 2 aliphatic rings. The van der Waals surface area contributed by atoms with Gasteiger partial charge in [-0.15, -0.1) is 12.4 Å². The first-order chi connectivity index (χ1) is 14.4. The molecular formula is C23H30Cl2N2O3S. The zero-order valence-corrected chi connectivity index (χ0v) is 20.1. The lowest BCUT2D eigenvalue weighted by atomic mass is 9.80. The van der Waals surface area contributed by atoms with Gasteiger partial charge < -0.3 is 10.1 Å². The summed E-state index contributed by atoms with van der Waals surface area (Å²) in [6.45, 7) is 3.40. The van der Waals surface area contributed by atoms with E-state index in [0.29, 0.717) is 13.0 Å². The van der Waals surface area contributed by atoms with Crippen LogP contribution in [0.5, 0.6) is 5.75 Å². The van der Waals surface area contributed by atoms with Gasteiger partial charge in [-0.1, -0.05) is 36.7 Å². The van der Waals surface area contributed by atoms with Gasteiger partial charge >= 0.3 is 0 Å². The van der Waals surface area contributed by atoms with Crippen molar-refractivity contribution in [3.8, 4) is 5.75 Å². The first-order valence-electron chi connectivity index (χ1n) is 10.7. The van der Waals surface area contributed by atoms with Crippen LogP contribution in [0.25, 0.3) is 0 Å². The Morgan fingerprint density at radius 1 is 1.19 bits per heavy atom. The number of nitrogens with one attached hydrogen (secondary N) is 2. The predicted octanol–water partition coefficient (Wildman–Crippen LogP) is 4.39. The molecule has 1 fully saturated rings. The van der Waals surface area contributed by atoms with Gasteiger partial charge in [-0.25, -0.2) is 13.1 Å². The van der Waals surface area contributed by atoms with Gasteiger partial charge in [-0.3, -0.25) is 0 Å². The minimum absolute atomic E-state index is 0. The average Bonchev–Trinajstić information content (AvgIpc) is 3.53. The largest absolute Gasteiger partial charge is 0.492 e. The van der Waals surface area contributed by atoms with Gasteiger partial charge in [-0.2, -0.15) is 0 Å². The van der Waals surface area contributed by atoms with Gasteiger partial charge in [0.25, 0.3) is 0 Å². The van der Waals surface area contributed by atoms with E-state index in [2.05, 4.69) is 34.3 Å². The summed E-state index contributed by atoms with van der Waals surface area (Å²) in [5.41, 5.74) is 4.08. The lowest BCUT2D eigenvalue weighted by molar-refractivity contribution is 0.320. The number of rotatable bonds is 9. The summed E-state index contributed by atoms with van der Waals surface area (Å²) in [4.78, 5) is 0. The first-order valence-corrected chi connectivity index (χ1v) is 12.7. The highest BCUT2D eigenvalue weighted by molar-refractivity contribution is 7.89. The third-order valence-corrected chi connectivity index (χ3v) is 7.94. The minimum atomic E-state index is -3.20. The molecule has 0 radical (unpaired) electrons. The van der Waals surface area contributed by atoms with Crippen molar-refractivity contribution < 1.29 is 13.2 Å². The summed E-state index contributed by atoms with van der Waals surface area (Å²) < 4.78 is 32.0. The molecule has 2 aromatic rings. The van der Waals surface area contributed by atoms with Gasteiger partial charge in [0.1, 0.15) is 12.4 Å². The number of benzene rings is 2. The van der Waals surface area contributed by atoms with E-state index < -0.39 is 10.0 Å². The maximum Gasteiger partial charge on any atom is 0.211 e. The Bertz CT molecular complexity index is 992. The third kappa shape index (κ3) is 5.55. The molecule has 1 heterocycles. The zero-order valence-electron chi connectivity index (χ0n) is 17.7. The molecule has 170 valence electrons. The molecule has 1 unspecified atom stereocenters. The second kappa shape index (κ2) is 10.1. The van der Waals surface area contributed by atoms with Crippen molar-refractivity contribution in [1.82, 2.24) is 10.0 Å². The van der Waals surface area contributed by atoms with Gasteiger partial charge in [0.15, 0.2) is 0 Å². The fourth-order valence-corrected chi connectivity index (χ4v) is 5.68. The van der Waals surface area contributed by atoms with Crippen LogP contribution in [0, 0.1) is 0 Å². The molecule has 1 saturated carbocycles. The summed E-state index contributed by atoms with van der Waals surface area (Å²) in [7, 11) is -3.20. The summed E-state index contributed by atoms with van der Waals surface area (Å²) >= 11 is 6.10. The highest BCUT2D eigenvalue weighted by Gasteiger charge is 2.52. The van der Waals surface area contributed by atoms with Gasteiger partial charge in [0.2, 0.25) is 10.0 Å². The summed E-state index contributed by atoms with van der Waals surface area (Å²) in [6, 6.07) is 14.8. The van der Waals surface area contributed by atoms with Gasteiger partial charge in [0.05, 0.1) is 5.75 Å². The van der Waals surface area contributed by atoms with E-state index in [4.69, 9.17) is 16.3 Å². The molecule has 0 bridgehead atoms. The van der Waals surface area contributed by atoms with E-state index in [9.17, 15) is 8.42 Å². The fraction of sp³-hybridized carbons (Fsp3) is 0.478. The molecule has 4 rings (SSSR count). The van der Waals surface area contributed by atoms with Crippen molar-refractivity contribution in [3.63, 3.8) is 0 Å². The minimum Gasteiger partial charge on any atom is -0.492 e. The van der Waals surface area contributed by atoms with Crippen LogP contribution < -0.4 is 14.8 Å². The smallest absolute Gasteiger partial charge is 0.211 e. The summed E-state index contributed by atoms with van der Waals surface area (Å²) in [6.07, 6.45) is 3.90. The molecule has 1 aliphatic carbocycles. The molecule has 1 atom stereocenters. The fourth-order valence-electron chi connectivity index (χ4n) is 4.48. The standard InChI is InChI=1S/C23H29ClN2O3S.ClH/c1-2-15-30(27,28)26-13-14-29-20-8-3-17-9-12-25-22(21(17)16-20)23(10-11-23)18-4-6-19(24)7-5-18;/h3-8,16,22,25-26H,2,9-15H2,1H3;1H. The number of fused-ring (bicyclic) bond motifs is 1. The molecule has 1 aliphatic heterocycles. The predicted molar refractivity (Wildman–Crippen MR) is 128 cm³/mol. The van der Waals surface area contributed by atoms with E-state index in [1.165, 1.54) is 16.7 Å². The number of ether oxygens (including phenoxy) is 1. The lowest BCUT2D eigenvalue weighted by Gasteiger charge is -2.34. The van der Waals surface area contributed by atoms with Crippen molar-refractivity contribution in [2.45, 2.75) is 44.1 Å². The number of halogens is 2. The van der Waals surface area contributed by atoms with Gasteiger partial charge in [0, 0.05) is 23.0 Å². The second-order valence-electron chi connectivity index (χ2n) is 8.22. The highest BCUT2D eigenvalue weighted by atomic mass is 35.5. The first kappa shape index (κ1) is 24.3. The van der Waals surface area contributed by atoms with Crippen molar-refractivity contribution in [2.24, 2.45) is 0 Å². The molecule has 2 aromatic carbocycles. The van der Waals surface area contributed by atoms with E-state index in [0.717, 1.165) is 36.6 Å². The molecule has 0 aromatic heterocycles. The lowest BCUT2D eigenvalue weighted by Crippen LogP contribution is -2.37. The molecule has 5 nitrogen and oxygen atoms in total. The van der Waals surface area contributed by atoms with Crippen LogP contribution in [-0.2, 0) is 21.9 Å². The van der Waals surface area contributed by atoms with Crippen LogP contribution in [0.4, 0.5) is 0 Å². The van der Waals surface area contributed by atoms with E-state index in [1.54, 1.807) is 0 Å². The Balaban J connectivity index is 0.00000272. The van der Waals surface area contributed by atoms with Crippen LogP contribution in [0.3, 0.4) is 0 Å². The molecule has 0 saturated heterocycles. The number of hydrogen-bond acceptors (Lipinski definition) is 4. The quantitative estimate of drug-likeness (QED) is 0.517. The van der Waals surface area contributed by atoms with E-state index in [1.807, 2.05) is 25.1 Å². The van der Waals surface area contributed by atoms with Crippen LogP contribution >= 0.6 is 24.0 Å². The van der Waals surface area contributed by atoms with Crippen molar-refractivity contribution in [2.75, 3.05) is 25.4 Å². The Morgan fingerprint density at radius 3 is 2.61 bits per heavy atom. The molecule has 0 spiro atoms. The SMILES string of the molecule is CCCS(=O)(=O)NCCOc1ccc2c(c1)C(C1(c3ccc(Cl)cc3)CC1)NCC2.Cl. The monoisotopic (exact) mass is 484 g/mol. The van der Waals surface area contributed by atoms with Crippen molar-refractivity contribution >= 4 is 34.0 Å². The number of sulfonamides is 1. The zero-order chi connectivity index (χ0) is 21.2. The molecular weight excluding hydrogens is 455 g/mol. The van der Waals surface area contributed by atoms with E-state index >= 15 is 0 Å². The maximum absolute atomic E-state index is 11.8. The second-order valence-corrected chi connectivity index (χ2v) is 10.6. The summed E-state index contributed by atoms with van der Waals surface area (Å²) in [5, 5.41) is 4.50. The Hall–Kier alpha value is -1.31. The van der Waals surface area contributed by atoms with Crippen LogP contribution in [0.15, 0.2) is 42.5 Å². The number of hydrogen-bond donors (Lipinski definition) is 2. The highest BCUT2D eigenvalue weighted by Crippen LogP contribution is 2.57. The Kier molecular flexibility index (Phi) is 7.92. The Labute approximate surface area is 196 Å². The van der Waals surface area contributed by atoms with Gasteiger partial charge in [-0.05, 0) is 73.2 Å². The van der Waals surface area contributed by atoms with E-state index in [-0.39, 0.29) is 36.2 Å². The summed E-state index contributed by atoms with van der Waals surface area (Å²) in [5.74, 6) is 0.926. The Morgan fingerprint density at radius 2 is 1.94 bits per heavy atom.